The van der Waals surface area contributed by atoms with Crippen LogP contribution in [0.4, 0.5) is 0 Å². The number of likely N-dealkylation sites (tertiary alicyclic amines) is 1. The van der Waals surface area contributed by atoms with Gasteiger partial charge in [0, 0.05) is 29.4 Å². The maximum absolute atomic E-state index is 13.3. The first kappa shape index (κ1) is 20.1. The third kappa shape index (κ3) is 3.70. The van der Waals surface area contributed by atoms with Crippen LogP contribution in [0, 0.1) is 6.92 Å². The zero-order valence-electron chi connectivity index (χ0n) is 17.3. The van der Waals surface area contributed by atoms with Crippen molar-refractivity contribution < 1.29 is 9.53 Å². The predicted molar refractivity (Wildman–Crippen MR) is 125 cm³/mol. The summed E-state index contributed by atoms with van der Waals surface area (Å²) >= 11 is 7.66. The third-order valence-corrected chi connectivity index (χ3v) is 7.20. The van der Waals surface area contributed by atoms with Crippen LogP contribution in [-0.4, -0.2) is 40.8 Å². The van der Waals surface area contributed by atoms with E-state index >= 15 is 0 Å². The van der Waals surface area contributed by atoms with E-state index in [4.69, 9.17) is 16.3 Å². The Hall–Kier alpha value is -2.83. The lowest BCUT2D eigenvalue weighted by molar-refractivity contribution is 0.0795. The molecule has 1 aliphatic rings. The number of carbonyl (C=O) groups is 1. The summed E-state index contributed by atoms with van der Waals surface area (Å²) in [5, 5.41) is 6.33. The molecule has 1 atom stereocenters. The lowest BCUT2D eigenvalue weighted by Crippen LogP contribution is -2.27. The molecule has 0 spiro atoms. The number of halogens is 1. The largest absolute Gasteiger partial charge is 0.497 e. The van der Waals surface area contributed by atoms with Crippen LogP contribution in [-0.2, 0) is 0 Å². The molecule has 1 fully saturated rings. The summed E-state index contributed by atoms with van der Waals surface area (Å²) in [6, 6.07) is 17.7. The zero-order valence-corrected chi connectivity index (χ0v) is 18.9. The summed E-state index contributed by atoms with van der Waals surface area (Å²) in [5.74, 6) is 1.30. The van der Waals surface area contributed by atoms with Gasteiger partial charge in [0.2, 0.25) is 0 Å². The van der Waals surface area contributed by atoms with E-state index in [9.17, 15) is 4.79 Å². The highest BCUT2D eigenvalue weighted by atomic mass is 35.5. The number of hydrogen-bond acceptors (Lipinski definition) is 4. The second-order valence-electron chi connectivity index (χ2n) is 7.82. The zero-order chi connectivity index (χ0) is 21.5. The molecule has 5 nitrogen and oxygen atoms in total. The first-order valence-electron chi connectivity index (χ1n) is 10.2. The van der Waals surface area contributed by atoms with E-state index in [2.05, 4.69) is 17.2 Å². The van der Waals surface area contributed by atoms with Crippen LogP contribution in [0.5, 0.6) is 5.75 Å². The summed E-state index contributed by atoms with van der Waals surface area (Å²) in [7, 11) is 1.67. The molecule has 1 saturated heterocycles. The molecule has 1 unspecified atom stereocenters. The molecular formula is C24H22ClN3O2S. The Labute approximate surface area is 189 Å². The smallest absolute Gasteiger partial charge is 0.264 e. The van der Waals surface area contributed by atoms with Gasteiger partial charge in [0.1, 0.15) is 10.6 Å². The van der Waals surface area contributed by atoms with E-state index in [1.165, 1.54) is 16.9 Å². The second kappa shape index (κ2) is 8.02. The molecule has 0 aliphatic carbocycles. The Morgan fingerprint density at radius 1 is 1.19 bits per heavy atom. The fourth-order valence-electron chi connectivity index (χ4n) is 4.18. The van der Waals surface area contributed by atoms with E-state index < -0.39 is 0 Å². The summed E-state index contributed by atoms with van der Waals surface area (Å²) < 4.78 is 7.13. The van der Waals surface area contributed by atoms with Crippen molar-refractivity contribution in [2.24, 2.45) is 0 Å². The van der Waals surface area contributed by atoms with E-state index in [0.717, 1.165) is 51.7 Å². The summed E-state index contributed by atoms with van der Waals surface area (Å²) in [6.45, 7) is 3.47. The Balaban J connectivity index is 1.39. The minimum absolute atomic E-state index is 0.0919. The molecule has 5 rings (SSSR count). The van der Waals surface area contributed by atoms with Crippen LogP contribution in [0.3, 0.4) is 0 Å². The van der Waals surface area contributed by atoms with Gasteiger partial charge in [0.15, 0.2) is 0 Å². The summed E-state index contributed by atoms with van der Waals surface area (Å²) in [5.41, 5.74) is 3.05. The maximum atomic E-state index is 13.3. The second-order valence-corrected chi connectivity index (χ2v) is 9.28. The van der Waals surface area contributed by atoms with Gasteiger partial charge in [-0.2, -0.15) is 5.10 Å². The van der Waals surface area contributed by atoms with Crippen LogP contribution >= 0.6 is 22.9 Å². The van der Waals surface area contributed by atoms with Gasteiger partial charge in [-0.05, 0) is 55.3 Å². The van der Waals surface area contributed by atoms with Gasteiger partial charge in [0.05, 0.1) is 23.4 Å². The molecule has 158 valence electrons. The first-order chi connectivity index (χ1) is 15.0. The third-order valence-electron chi connectivity index (χ3n) is 5.87. The van der Waals surface area contributed by atoms with E-state index in [-0.39, 0.29) is 5.91 Å². The van der Waals surface area contributed by atoms with Gasteiger partial charge in [-0.15, -0.1) is 11.3 Å². The van der Waals surface area contributed by atoms with Gasteiger partial charge in [-0.25, -0.2) is 4.68 Å². The van der Waals surface area contributed by atoms with Crippen molar-refractivity contribution in [3.05, 3.63) is 75.8 Å². The number of aryl methyl sites for hydroxylation is 1. The van der Waals surface area contributed by atoms with Crippen molar-refractivity contribution in [3.8, 4) is 11.4 Å². The number of ether oxygens (including phenoxy) is 1. The molecule has 1 amide bonds. The molecule has 2 aromatic carbocycles. The maximum Gasteiger partial charge on any atom is 0.264 e. The molecule has 0 radical (unpaired) electrons. The number of rotatable bonds is 4. The first-order valence-corrected chi connectivity index (χ1v) is 11.4. The van der Waals surface area contributed by atoms with Crippen LogP contribution in [0.15, 0.2) is 54.6 Å². The Kier molecular flexibility index (Phi) is 5.20. The van der Waals surface area contributed by atoms with Gasteiger partial charge in [-0.1, -0.05) is 29.8 Å². The Bertz CT molecular complexity index is 1260. The number of carbonyl (C=O) groups excluding carboxylic acids is 1. The van der Waals surface area contributed by atoms with E-state index in [0.29, 0.717) is 10.9 Å². The minimum Gasteiger partial charge on any atom is -0.497 e. The van der Waals surface area contributed by atoms with Crippen LogP contribution in [0.1, 0.15) is 33.3 Å². The molecule has 4 aromatic rings. The number of amides is 1. The quantitative estimate of drug-likeness (QED) is 0.400. The van der Waals surface area contributed by atoms with E-state index in [1.54, 1.807) is 7.11 Å². The monoisotopic (exact) mass is 451 g/mol. The molecule has 1 aliphatic heterocycles. The van der Waals surface area contributed by atoms with Crippen LogP contribution < -0.4 is 4.74 Å². The summed E-state index contributed by atoms with van der Waals surface area (Å²) in [6.07, 6.45) is 0.971. The van der Waals surface area contributed by atoms with Crippen molar-refractivity contribution in [3.63, 3.8) is 0 Å². The Morgan fingerprint density at radius 3 is 2.74 bits per heavy atom. The number of benzene rings is 2. The number of fused-ring (bicyclic) bond motifs is 1. The molecule has 0 saturated carbocycles. The van der Waals surface area contributed by atoms with E-state index in [1.807, 2.05) is 59.0 Å². The fraction of sp³-hybridized carbons (Fsp3) is 0.250. The topological polar surface area (TPSA) is 47.4 Å². The number of aromatic nitrogens is 2. The Morgan fingerprint density at radius 2 is 2.00 bits per heavy atom. The van der Waals surface area contributed by atoms with Crippen molar-refractivity contribution in [2.45, 2.75) is 19.3 Å². The molecule has 3 heterocycles. The number of nitrogens with zero attached hydrogens (tertiary/aromatic N) is 3. The minimum atomic E-state index is 0.0919. The highest BCUT2D eigenvalue weighted by molar-refractivity contribution is 7.20. The van der Waals surface area contributed by atoms with Crippen LogP contribution in [0.25, 0.3) is 15.9 Å². The number of methoxy groups -OCH3 is 1. The van der Waals surface area contributed by atoms with Crippen molar-refractivity contribution in [2.75, 3.05) is 20.2 Å². The van der Waals surface area contributed by atoms with Gasteiger partial charge in [-0.3, -0.25) is 4.79 Å². The van der Waals surface area contributed by atoms with Gasteiger partial charge in [0.25, 0.3) is 5.91 Å². The lowest BCUT2D eigenvalue weighted by atomic mass is 9.98. The molecular weight excluding hydrogens is 430 g/mol. The predicted octanol–water partition coefficient (Wildman–Crippen LogP) is 5.69. The lowest BCUT2D eigenvalue weighted by Gasteiger charge is -2.16. The molecule has 7 heteroatoms. The normalized spacial score (nSPS) is 16.2. The highest BCUT2D eigenvalue weighted by Crippen LogP contribution is 2.34. The van der Waals surface area contributed by atoms with Crippen molar-refractivity contribution in [1.29, 1.82) is 0 Å². The number of hydrogen-bond donors (Lipinski definition) is 0. The van der Waals surface area contributed by atoms with Gasteiger partial charge < -0.3 is 9.64 Å². The van der Waals surface area contributed by atoms with Crippen molar-refractivity contribution >= 4 is 39.1 Å². The molecule has 0 bridgehead atoms. The fourth-order valence-corrected chi connectivity index (χ4v) is 5.52. The average Bonchev–Trinajstić information content (AvgIpc) is 3.50. The van der Waals surface area contributed by atoms with Crippen molar-refractivity contribution in [1.82, 2.24) is 14.7 Å². The highest BCUT2D eigenvalue weighted by Gasteiger charge is 2.29. The average molecular weight is 452 g/mol. The molecule has 0 N–H and O–H groups in total. The van der Waals surface area contributed by atoms with Gasteiger partial charge >= 0.3 is 0 Å². The molecule has 2 aromatic heterocycles. The molecule has 31 heavy (non-hydrogen) atoms. The number of thiophene rings is 1. The standard InChI is InChI=1S/C24H22ClN3O2S/c1-15-21-13-22(31-24(21)28(26-15)19-5-3-4-18(25)12-19)23(29)27-11-10-17(14-27)16-6-8-20(30-2)9-7-16/h3-9,12-13,17H,10-11,14H2,1-2H3. The summed E-state index contributed by atoms with van der Waals surface area (Å²) in [4.78, 5) is 17.0. The van der Waals surface area contributed by atoms with Crippen LogP contribution in [0.2, 0.25) is 5.02 Å². The SMILES string of the molecule is COc1ccc(C2CCN(C(=O)c3cc4c(C)nn(-c5cccc(Cl)c5)c4s3)C2)cc1.